The molecule has 0 spiro atoms. The first-order valence-corrected chi connectivity index (χ1v) is 10.7. The molecular weight excluding hydrogens is 520 g/mol. The maximum atomic E-state index is 13.3. The number of nitrogens with one attached hydrogen (secondary N) is 3. The summed E-state index contributed by atoms with van der Waals surface area (Å²) in [6.07, 6.45) is 0.777. The molecule has 0 bridgehead atoms. The van der Waals surface area contributed by atoms with Gasteiger partial charge in [-0.3, -0.25) is 4.79 Å². The van der Waals surface area contributed by atoms with E-state index in [1.165, 1.54) is 6.07 Å². The minimum absolute atomic E-state index is 0. The van der Waals surface area contributed by atoms with Crippen LogP contribution < -0.4 is 16.0 Å². The highest BCUT2D eigenvalue weighted by molar-refractivity contribution is 14.0. The number of carbonyl (C=O) groups excluding carboxylic acids is 1. The first-order chi connectivity index (χ1) is 14.9. The maximum Gasteiger partial charge on any atom is 0.251 e. The summed E-state index contributed by atoms with van der Waals surface area (Å²) in [7, 11) is 3.95. The third-order valence-corrected chi connectivity index (χ3v) is 4.79. The molecule has 0 fully saturated rings. The molecule has 0 aliphatic carbocycles. The van der Waals surface area contributed by atoms with E-state index < -0.39 is 0 Å². The van der Waals surface area contributed by atoms with Crippen LogP contribution in [0.3, 0.4) is 0 Å². The lowest BCUT2D eigenvalue weighted by Gasteiger charge is -2.13. The highest BCUT2D eigenvalue weighted by Crippen LogP contribution is 2.10. The van der Waals surface area contributed by atoms with E-state index in [0.29, 0.717) is 31.2 Å². The Bertz CT molecular complexity index is 888. The van der Waals surface area contributed by atoms with Crippen LogP contribution in [0.5, 0.6) is 0 Å². The Morgan fingerprint density at radius 2 is 1.84 bits per heavy atom. The number of guanidine groups is 1. The average molecular weight is 555 g/mol. The van der Waals surface area contributed by atoms with Gasteiger partial charge in [0.05, 0.1) is 6.54 Å². The van der Waals surface area contributed by atoms with Crippen LogP contribution in [0.25, 0.3) is 0 Å². The van der Waals surface area contributed by atoms with E-state index in [1.54, 1.807) is 6.07 Å². The van der Waals surface area contributed by atoms with Crippen LogP contribution in [0.1, 0.15) is 34.0 Å². The number of aryl methyl sites for hydroxylation is 1. The van der Waals surface area contributed by atoms with E-state index in [9.17, 15) is 9.18 Å². The minimum atomic E-state index is -0.210. The average Bonchev–Trinajstić information content (AvgIpc) is 2.73. The molecular formula is C24H35FIN5O. The third kappa shape index (κ3) is 9.95. The number of likely N-dealkylation sites (N-methyl/N-ethyl adjacent to an activating group) is 1. The van der Waals surface area contributed by atoms with Crippen LogP contribution in [-0.2, 0) is 13.0 Å². The Hall–Kier alpha value is -2.20. The number of amides is 1. The second-order valence-corrected chi connectivity index (χ2v) is 7.70. The van der Waals surface area contributed by atoms with Gasteiger partial charge >= 0.3 is 0 Å². The van der Waals surface area contributed by atoms with Gasteiger partial charge in [0, 0.05) is 31.7 Å². The lowest BCUT2D eigenvalue weighted by atomic mass is 10.1. The van der Waals surface area contributed by atoms with Crippen molar-refractivity contribution in [1.82, 2.24) is 20.9 Å². The molecule has 0 aromatic heterocycles. The standard InChI is InChI=1S/C24H34FN5O.HI/c1-5-26-24(28-12-11-20-9-10-22(25)15-18(20)2)29-17-19-7-6-8-21(16-19)23(31)27-13-14-30(3)4;/h6-10,15-16H,5,11-14,17H2,1-4H3,(H,27,31)(H2,26,28,29);1H. The molecule has 3 N–H and O–H groups in total. The molecule has 2 rings (SSSR count). The molecule has 0 saturated carbocycles. The highest BCUT2D eigenvalue weighted by Gasteiger charge is 2.06. The summed E-state index contributed by atoms with van der Waals surface area (Å²) >= 11 is 0. The second kappa shape index (κ2) is 14.8. The molecule has 0 unspecified atom stereocenters. The second-order valence-electron chi connectivity index (χ2n) is 7.70. The van der Waals surface area contributed by atoms with Gasteiger partial charge in [-0.25, -0.2) is 9.38 Å². The van der Waals surface area contributed by atoms with Crippen molar-refractivity contribution in [3.63, 3.8) is 0 Å². The van der Waals surface area contributed by atoms with Crippen molar-refractivity contribution in [2.75, 3.05) is 40.3 Å². The Kier molecular flexibility index (Phi) is 12.9. The Labute approximate surface area is 208 Å². The van der Waals surface area contributed by atoms with E-state index >= 15 is 0 Å². The highest BCUT2D eigenvalue weighted by atomic mass is 127. The molecule has 0 aliphatic rings. The van der Waals surface area contributed by atoms with Crippen LogP contribution in [0.2, 0.25) is 0 Å². The zero-order valence-electron chi connectivity index (χ0n) is 19.4. The summed E-state index contributed by atoms with van der Waals surface area (Å²) in [5.41, 5.74) is 3.66. The summed E-state index contributed by atoms with van der Waals surface area (Å²) in [5.74, 6) is 0.424. The molecule has 0 saturated heterocycles. The van der Waals surface area contributed by atoms with Crippen molar-refractivity contribution in [3.8, 4) is 0 Å². The molecule has 2 aromatic carbocycles. The van der Waals surface area contributed by atoms with Crippen molar-refractivity contribution in [2.45, 2.75) is 26.8 Å². The fourth-order valence-electron chi connectivity index (χ4n) is 3.07. The monoisotopic (exact) mass is 555 g/mol. The number of halogens is 2. The van der Waals surface area contributed by atoms with Crippen LogP contribution in [0.4, 0.5) is 4.39 Å². The predicted octanol–water partition coefficient (Wildman–Crippen LogP) is 3.34. The van der Waals surface area contributed by atoms with Gasteiger partial charge in [-0.1, -0.05) is 18.2 Å². The van der Waals surface area contributed by atoms with Crippen LogP contribution in [0, 0.1) is 12.7 Å². The quantitative estimate of drug-likeness (QED) is 0.239. The largest absolute Gasteiger partial charge is 0.357 e. The van der Waals surface area contributed by atoms with Gasteiger partial charge in [0.15, 0.2) is 5.96 Å². The SMILES string of the molecule is CCNC(=NCc1cccc(C(=O)NCCN(C)C)c1)NCCc1ccc(F)cc1C.I. The number of rotatable bonds is 10. The number of hydrogen-bond acceptors (Lipinski definition) is 3. The summed E-state index contributed by atoms with van der Waals surface area (Å²) in [6.45, 7) is 7.23. The molecule has 0 aliphatic heterocycles. The molecule has 1 amide bonds. The smallest absolute Gasteiger partial charge is 0.251 e. The molecule has 0 atom stereocenters. The third-order valence-electron chi connectivity index (χ3n) is 4.79. The zero-order valence-corrected chi connectivity index (χ0v) is 21.7. The number of aliphatic imine (C=N–C) groups is 1. The Morgan fingerprint density at radius 1 is 1.06 bits per heavy atom. The van der Waals surface area contributed by atoms with Gasteiger partial charge < -0.3 is 20.9 Å². The summed E-state index contributed by atoms with van der Waals surface area (Å²) in [6, 6.07) is 12.4. The number of nitrogens with zero attached hydrogens (tertiary/aromatic N) is 2. The summed E-state index contributed by atoms with van der Waals surface area (Å²) in [5, 5.41) is 9.48. The normalized spacial score (nSPS) is 11.1. The fourth-order valence-corrected chi connectivity index (χ4v) is 3.07. The van der Waals surface area contributed by atoms with Crippen molar-refractivity contribution < 1.29 is 9.18 Å². The molecule has 176 valence electrons. The maximum absolute atomic E-state index is 13.3. The van der Waals surface area contributed by atoms with Crippen LogP contribution >= 0.6 is 24.0 Å². The molecule has 0 heterocycles. The molecule has 2 aromatic rings. The molecule has 0 radical (unpaired) electrons. The van der Waals surface area contributed by atoms with Crippen molar-refractivity contribution >= 4 is 35.8 Å². The van der Waals surface area contributed by atoms with Gasteiger partial charge in [-0.15, -0.1) is 24.0 Å². The van der Waals surface area contributed by atoms with Crippen molar-refractivity contribution in [1.29, 1.82) is 0 Å². The van der Waals surface area contributed by atoms with E-state index in [4.69, 9.17) is 0 Å². The van der Waals surface area contributed by atoms with Gasteiger partial charge in [0.25, 0.3) is 5.91 Å². The van der Waals surface area contributed by atoms with Crippen LogP contribution in [0.15, 0.2) is 47.5 Å². The molecule has 6 nitrogen and oxygen atoms in total. The lowest BCUT2D eigenvalue weighted by Crippen LogP contribution is -2.38. The van der Waals surface area contributed by atoms with Crippen molar-refractivity contribution in [3.05, 3.63) is 70.5 Å². The van der Waals surface area contributed by atoms with Gasteiger partial charge in [-0.05, 0) is 75.3 Å². The molecule has 32 heavy (non-hydrogen) atoms. The number of benzene rings is 2. The van der Waals surface area contributed by atoms with Crippen molar-refractivity contribution in [2.24, 2.45) is 4.99 Å². The van der Waals surface area contributed by atoms with E-state index in [2.05, 4.69) is 20.9 Å². The predicted molar refractivity (Wildman–Crippen MR) is 140 cm³/mol. The zero-order chi connectivity index (χ0) is 22.6. The van der Waals surface area contributed by atoms with Gasteiger partial charge in [0.1, 0.15) is 5.82 Å². The fraction of sp³-hybridized carbons (Fsp3) is 0.417. The summed E-state index contributed by atoms with van der Waals surface area (Å²) < 4.78 is 13.3. The van der Waals surface area contributed by atoms with Gasteiger partial charge in [0.2, 0.25) is 0 Å². The van der Waals surface area contributed by atoms with E-state index in [1.807, 2.05) is 63.2 Å². The lowest BCUT2D eigenvalue weighted by molar-refractivity contribution is 0.0951. The van der Waals surface area contributed by atoms with Crippen LogP contribution in [-0.4, -0.2) is 57.0 Å². The number of hydrogen-bond donors (Lipinski definition) is 3. The first-order valence-electron chi connectivity index (χ1n) is 10.7. The Morgan fingerprint density at radius 3 is 2.53 bits per heavy atom. The number of carbonyl (C=O) groups is 1. The first kappa shape index (κ1) is 27.8. The summed E-state index contributed by atoms with van der Waals surface area (Å²) in [4.78, 5) is 19.0. The molecule has 8 heteroatoms. The minimum Gasteiger partial charge on any atom is -0.357 e. The van der Waals surface area contributed by atoms with E-state index in [-0.39, 0.29) is 35.7 Å². The van der Waals surface area contributed by atoms with Gasteiger partial charge in [-0.2, -0.15) is 0 Å². The Balaban J connectivity index is 0.00000512. The topological polar surface area (TPSA) is 68.8 Å². The van der Waals surface area contributed by atoms with E-state index in [0.717, 1.165) is 36.2 Å².